The van der Waals surface area contributed by atoms with Gasteiger partial charge in [0, 0.05) is 24.0 Å². The van der Waals surface area contributed by atoms with E-state index in [2.05, 4.69) is 29.4 Å². The van der Waals surface area contributed by atoms with E-state index >= 15 is 0 Å². The van der Waals surface area contributed by atoms with Crippen LogP contribution in [0, 0.1) is 5.92 Å². The highest BCUT2D eigenvalue weighted by molar-refractivity contribution is 6.31. The molecule has 1 saturated heterocycles. The summed E-state index contributed by atoms with van der Waals surface area (Å²) in [4.78, 5) is 2.44. The molecule has 3 heteroatoms. The molecule has 0 radical (unpaired) electrons. The Morgan fingerprint density at radius 1 is 1.44 bits per heavy atom. The maximum absolute atomic E-state index is 6.37. The van der Waals surface area contributed by atoms with Gasteiger partial charge >= 0.3 is 0 Å². The predicted octanol–water partition coefficient (Wildman–Crippen LogP) is 2.98. The molecule has 0 aliphatic carbocycles. The number of nitrogens with zero attached hydrogens (tertiary/aromatic N) is 1. The van der Waals surface area contributed by atoms with Crippen LogP contribution in [-0.4, -0.2) is 38.6 Å². The number of halogens is 1. The summed E-state index contributed by atoms with van der Waals surface area (Å²) in [5, 5.41) is 4.24. The fourth-order valence-electron chi connectivity index (χ4n) is 3.06. The second-order valence-electron chi connectivity index (χ2n) is 5.35. The van der Waals surface area contributed by atoms with E-state index in [0.29, 0.717) is 11.8 Å². The second kappa shape index (κ2) is 6.55. The molecule has 1 aliphatic rings. The van der Waals surface area contributed by atoms with Gasteiger partial charge in [-0.25, -0.2) is 0 Å². The molecule has 100 valence electrons. The van der Waals surface area contributed by atoms with E-state index in [4.69, 9.17) is 11.6 Å². The third-order valence-corrected chi connectivity index (χ3v) is 4.30. The number of likely N-dealkylation sites (tertiary alicyclic amines) is 1. The average molecular weight is 267 g/mol. The molecule has 0 aromatic heterocycles. The summed E-state index contributed by atoms with van der Waals surface area (Å²) >= 11 is 6.37. The molecule has 0 saturated carbocycles. The Hall–Kier alpha value is -0.570. The highest BCUT2D eigenvalue weighted by Crippen LogP contribution is 2.34. The third-order valence-electron chi connectivity index (χ3n) is 3.96. The van der Waals surface area contributed by atoms with E-state index in [1.165, 1.54) is 31.5 Å². The fraction of sp³-hybridized carbons (Fsp3) is 0.600. The zero-order chi connectivity index (χ0) is 13.0. The first kappa shape index (κ1) is 13.9. The van der Waals surface area contributed by atoms with Crippen molar-refractivity contribution in [3.05, 3.63) is 34.9 Å². The van der Waals surface area contributed by atoms with Crippen LogP contribution in [0.15, 0.2) is 24.3 Å². The molecular formula is C15H23ClN2. The quantitative estimate of drug-likeness (QED) is 0.901. The maximum atomic E-state index is 6.37. The van der Waals surface area contributed by atoms with Crippen molar-refractivity contribution in [2.75, 3.05) is 33.7 Å². The predicted molar refractivity (Wildman–Crippen MR) is 78.3 cm³/mol. The van der Waals surface area contributed by atoms with Crippen LogP contribution in [0.2, 0.25) is 5.02 Å². The van der Waals surface area contributed by atoms with Gasteiger partial charge in [0.15, 0.2) is 0 Å². The Kier molecular flexibility index (Phi) is 5.04. The summed E-state index contributed by atoms with van der Waals surface area (Å²) in [5.74, 6) is 1.22. The molecule has 2 rings (SSSR count). The van der Waals surface area contributed by atoms with E-state index in [1.807, 2.05) is 19.2 Å². The van der Waals surface area contributed by atoms with Gasteiger partial charge in [0.2, 0.25) is 0 Å². The highest BCUT2D eigenvalue weighted by Gasteiger charge is 2.27. The van der Waals surface area contributed by atoms with Crippen molar-refractivity contribution in [1.82, 2.24) is 10.2 Å². The lowest BCUT2D eigenvalue weighted by Gasteiger charge is -2.35. The Bertz CT molecular complexity index is 381. The van der Waals surface area contributed by atoms with E-state index in [9.17, 15) is 0 Å². The van der Waals surface area contributed by atoms with Gasteiger partial charge in [-0.2, -0.15) is 0 Å². The van der Waals surface area contributed by atoms with Crippen LogP contribution in [0.3, 0.4) is 0 Å². The van der Waals surface area contributed by atoms with Gasteiger partial charge in [-0.05, 0) is 51.0 Å². The number of hydrogen-bond acceptors (Lipinski definition) is 2. The van der Waals surface area contributed by atoms with Gasteiger partial charge < -0.3 is 10.2 Å². The topological polar surface area (TPSA) is 15.3 Å². The van der Waals surface area contributed by atoms with Crippen LogP contribution in [0.25, 0.3) is 0 Å². The minimum Gasteiger partial charge on any atom is -0.319 e. The second-order valence-corrected chi connectivity index (χ2v) is 5.76. The smallest absolute Gasteiger partial charge is 0.0441 e. The molecule has 0 bridgehead atoms. The first-order chi connectivity index (χ1) is 8.72. The molecule has 1 aromatic rings. The van der Waals surface area contributed by atoms with E-state index < -0.39 is 0 Å². The minimum absolute atomic E-state index is 0.520. The van der Waals surface area contributed by atoms with Gasteiger partial charge in [0.25, 0.3) is 0 Å². The van der Waals surface area contributed by atoms with Crippen molar-refractivity contribution in [3.63, 3.8) is 0 Å². The van der Waals surface area contributed by atoms with Crippen LogP contribution < -0.4 is 5.32 Å². The molecule has 0 spiro atoms. The van der Waals surface area contributed by atoms with Crippen molar-refractivity contribution in [2.24, 2.45) is 5.92 Å². The Morgan fingerprint density at radius 3 is 2.89 bits per heavy atom. The Morgan fingerprint density at radius 2 is 2.22 bits per heavy atom. The molecule has 2 nitrogen and oxygen atoms in total. The first-order valence-electron chi connectivity index (χ1n) is 6.80. The molecule has 18 heavy (non-hydrogen) atoms. The summed E-state index contributed by atoms with van der Waals surface area (Å²) in [6, 6.07) is 8.29. The van der Waals surface area contributed by atoms with Crippen molar-refractivity contribution in [1.29, 1.82) is 0 Å². The number of benzene rings is 1. The van der Waals surface area contributed by atoms with E-state index in [0.717, 1.165) is 11.6 Å². The average Bonchev–Trinajstić information content (AvgIpc) is 2.37. The largest absolute Gasteiger partial charge is 0.319 e. The summed E-state index contributed by atoms with van der Waals surface area (Å²) in [5.41, 5.74) is 1.30. The normalized spacial score (nSPS) is 22.9. The Balaban J connectivity index is 2.19. The van der Waals surface area contributed by atoms with Gasteiger partial charge in [0.05, 0.1) is 0 Å². The molecule has 1 N–H and O–H groups in total. The SMILES string of the molecule is CNCC(c1ccccc1Cl)C1CCCN(C)C1. The molecule has 2 atom stereocenters. The van der Waals surface area contributed by atoms with Crippen molar-refractivity contribution in [2.45, 2.75) is 18.8 Å². The van der Waals surface area contributed by atoms with E-state index in [1.54, 1.807) is 0 Å². The molecule has 1 heterocycles. The van der Waals surface area contributed by atoms with Crippen LogP contribution >= 0.6 is 11.6 Å². The zero-order valence-electron chi connectivity index (χ0n) is 11.3. The lowest BCUT2D eigenvalue weighted by Crippen LogP contribution is -2.37. The standard InChI is InChI=1S/C15H23ClN2/c1-17-10-14(12-6-5-9-18(2)11-12)13-7-3-4-8-15(13)16/h3-4,7-8,12,14,17H,5-6,9-11H2,1-2H3. The van der Waals surface area contributed by atoms with Crippen LogP contribution in [-0.2, 0) is 0 Å². The number of hydrogen-bond donors (Lipinski definition) is 1. The van der Waals surface area contributed by atoms with Gasteiger partial charge in [-0.3, -0.25) is 0 Å². The van der Waals surface area contributed by atoms with Crippen molar-refractivity contribution < 1.29 is 0 Å². The lowest BCUT2D eigenvalue weighted by atomic mass is 9.81. The maximum Gasteiger partial charge on any atom is 0.0441 e. The number of nitrogens with one attached hydrogen (secondary N) is 1. The molecule has 1 aliphatic heterocycles. The third kappa shape index (κ3) is 3.25. The molecule has 1 aromatic carbocycles. The van der Waals surface area contributed by atoms with Crippen LogP contribution in [0.4, 0.5) is 0 Å². The lowest BCUT2D eigenvalue weighted by molar-refractivity contribution is 0.186. The summed E-state index contributed by atoms with van der Waals surface area (Å²) < 4.78 is 0. The zero-order valence-corrected chi connectivity index (χ0v) is 12.1. The monoisotopic (exact) mass is 266 g/mol. The summed E-state index contributed by atoms with van der Waals surface area (Å²) in [7, 11) is 4.24. The van der Waals surface area contributed by atoms with Crippen molar-refractivity contribution in [3.8, 4) is 0 Å². The molecule has 2 unspecified atom stereocenters. The number of piperidine rings is 1. The summed E-state index contributed by atoms with van der Waals surface area (Å²) in [6.07, 6.45) is 2.60. The van der Waals surface area contributed by atoms with Crippen LogP contribution in [0.1, 0.15) is 24.3 Å². The summed E-state index contributed by atoms with van der Waals surface area (Å²) in [6.45, 7) is 3.41. The number of likely N-dealkylation sites (N-methyl/N-ethyl adjacent to an activating group) is 1. The van der Waals surface area contributed by atoms with E-state index in [-0.39, 0.29) is 0 Å². The number of rotatable bonds is 4. The van der Waals surface area contributed by atoms with Gasteiger partial charge in [-0.15, -0.1) is 0 Å². The van der Waals surface area contributed by atoms with Crippen LogP contribution in [0.5, 0.6) is 0 Å². The Labute approximate surface area is 115 Å². The van der Waals surface area contributed by atoms with Crippen molar-refractivity contribution >= 4 is 11.6 Å². The van der Waals surface area contributed by atoms with Gasteiger partial charge in [0.1, 0.15) is 0 Å². The minimum atomic E-state index is 0.520. The highest BCUT2D eigenvalue weighted by atomic mass is 35.5. The fourth-order valence-corrected chi connectivity index (χ4v) is 3.34. The van der Waals surface area contributed by atoms with Gasteiger partial charge in [-0.1, -0.05) is 29.8 Å². The molecule has 0 amide bonds. The molecular weight excluding hydrogens is 244 g/mol. The first-order valence-corrected chi connectivity index (χ1v) is 7.17. The molecule has 1 fully saturated rings.